The van der Waals surface area contributed by atoms with Crippen LogP contribution in [0.15, 0.2) is 42.5 Å². The average Bonchev–Trinajstić information content (AvgIpc) is 2.44. The van der Waals surface area contributed by atoms with E-state index in [1.165, 1.54) is 7.11 Å². The molecule has 0 aliphatic heterocycles. The lowest BCUT2D eigenvalue weighted by molar-refractivity contribution is -0.147. The maximum Gasteiger partial charge on any atom is 0.329 e. The lowest BCUT2D eigenvalue weighted by Gasteiger charge is -2.22. The Morgan fingerprint density at radius 3 is 2.63 bits per heavy atom. The van der Waals surface area contributed by atoms with E-state index in [0.717, 1.165) is 10.8 Å². The van der Waals surface area contributed by atoms with E-state index in [-0.39, 0.29) is 6.61 Å². The van der Waals surface area contributed by atoms with Gasteiger partial charge in [0.05, 0.1) is 7.11 Å². The second-order valence-corrected chi connectivity index (χ2v) is 4.68. The topological polar surface area (TPSA) is 61.5 Å². The highest BCUT2D eigenvalue weighted by Crippen LogP contribution is 2.25. The van der Waals surface area contributed by atoms with E-state index in [1.54, 1.807) is 6.92 Å². The standard InChI is InChI=1S/C15H17NO3/c1-15(16,14(17)18-2)10-19-13-9-5-7-11-6-3-4-8-12(11)13/h3-9H,10,16H2,1-2H3. The van der Waals surface area contributed by atoms with Gasteiger partial charge in [0, 0.05) is 5.39 Å². The number of esters is 1. The van der Waals surface area contributed by atoms with Gasteiger partial charge in [0.15, 0.2) is 0 Å². The zero-order chi connectivity index (χ0) is 13.9. The van der Waals surface area contributed by atoms with E-state index in [1.807, 2.05) is 42.5 Å². The van der Waals surface area contributed by atoms with Crippen molar-refractivity contribution in [2.24, 2.45) is 5.73 Å². The molecule has 0 aliphatic carbocycles. The predicted octanol–water partition coefficient (Wildman–Crippen LogP) is 2.11. The summed E-state index contributed by atoms with van der Waals surface area (Å²) in [5, 5.41) is 2.07. The fourth-order valence-corrected chi connectivity index (χ4v) is 1.84. The Kier molecular flexibility index (Phi) is 3.71. The van der Waals surface area contributed by atoms with Crippen LogP contribution >= 0.6 is 0 Å². The number of carbonyl (C=O) groups is 1. The summed E-state index contributed by atoms with van der Waals surface area (Å²) >= 11 is 0. The number of hydrogen-bond donors (Lipinski definition) is 1. The summed E-state index contributed by atoms with van der Waals surface area (Å²) in [5.74, 6) is 0.214. The van der Waals surface area contributed by atoms with Crippen LogP contribution in [0.3, 0.4) is 0 Å². The molecule has 0 amide bonds. The van der Waals surface area contributed by atoms with Crippen LogP contribution in [0.25, 0.3) is 10.8 Å². The molecule has 1 unspecified atom stereocenters. The van der Waals surface area contributed by atoms with Crippen LogP contribution < -0.4 is 10.5 Å². The quantitative estimate of drug-likeness (QED) is 0.854. The van der Waals surface area contributed by atoms with Crippen molar-refractivity contribution in [2.45, 2.75) is 12.5 Å². The molecule has 2 aromatic carbocycles. The molecule has 0 aromatic heterocycles. The highest BCUT2D eigenvalue weighted by atomic mass is 16.5. The summed E-state index contributed by atoms with van der Waals surface area (Å²) in [6, 6.07) is 13.6. The Morgan fingerprint density at radius 1 is 1.21 bits per heavy atom. The van der Waals surface area contributed by atoms with Crippen LogP contribution in [0.5, 0.6) is 5.75 Å². The first-order chi connectivity index (χ1) is 9.04. The molecule has 0 fully saturated rings. The normalized spacial score (nSPS) is 13.8. The maximum absolute atomic E-state index is 11.5. The molecule has 2 aromatic rings. The van der Waals surface area contributed by atoms with Gasteiger partial charge >= 0.3 is 5.97 Å². The Morgan fingerprint density at radius 2 is 1.89 bits per heavy atom. The Bertz CT molecular complexity index is 587. The minimum absolute atomic E-state index is 0.0632. The van der Waals surface area contributed by atoms with Gasteiger partial charge < -0.3 is 15.2 Å². The van der Waals surface area contributed by atoms with E-state index in [4.69, 9.17) is 10.5 Å². The van der Waals surface area contributed by atoms with E-state index in [2.05, 4.69) is 4.74 Å². The van der Waals surface area contributed by atoms with Gasteiger partial charge in [-0.3, -0.25) is 0 Å². The summed E-state index contributed by atoms with van der Waals surface area (Å²) in [5.41, 5.74) is 4.70. The smallest absolute Gasteiger partial charge is 0.329 e. The largest absolute Gasteiger partial charge is 0.490 e. The van der Waals surface area contributed by atoms with Crippen LogP contribution in [-0.4, -0.2) is 25.2 Å². The van der Waals surface area contributed by atoms with E-state index >= 15 is 0 Å². The first kappa shape index (κ1) is 13.4. The molecule has 4 nitrogen and oxygen atoms in total. The van der Waals surface area contributed by atoms with Gasteiger partial charge in [-0.25, -0.2) is 4.79 Å². The Hall–Kier alpha value is -2.07. The third-order valence-electron chi connectivity index (χ3n) is 2.93. The number of methoxy groups -OCH3 is 1. The number of nitrogens with two attached hydrogens (primary N) is 1. The molecule has 0 spiro atoms. The monoisotopic (exact) mass is 259 g/mol. The third kappa shape index (κ3) is 2.85. The van der Waals surface area contributed by atoms with Crippen LogP contribution in [0.4, 0.5) is 0 Å². The molecule has 0 saturated heterocycles. The van der Waals surface area contributed by atoms with Crippen molar-refractivity contribution in [3.8, 4) is 5.75 Å². The molecular weight excluding hydrogens is 242 g/mol. The molecule has 100 valence electrons. The van der Waals surface area contributed by atoms with Crippen molar-refractivity contribution in [1.82, 2.24) is 0 Å². The highest BCUT2D eigenvalue weighted by molar-refractivity contribution is 5.88. The number of benzene rings is 2. The molecule has 0 heterocycles. The summed E-state index contributed by atoms with van der Waals surface area (Å²) < 4.78 is 10.3. The number of ether oxygens (including phenoxy) is 2. The molecule has 0 aliphatic rings. The fraction of sp³-hybridized carbons (Fsp3) is 0.267. The van der Waals surface area contributed by atoms with Crippen molar-refractivity contribution < 1.29 is 14.3 Å². The SMILES string of the molecule is COC(=O)C(C)(N)COc1cccc2ccccc12. The molecule has 0 saturated carbocycles. The zero-order valence-electron chi connectivity index (χ0n) is 11.1. The van der Waals surface area contributed by atoms with Crippen molar-refractivity contribution in [1.29, 1.82) is 0 Å². The first-order valence-electron chi connectivity index (χ1n) is 6.02. The summed E-state index contributed by atoms with van der Waals surface area (Å²) in [7, 11) is 1.31. The predicted molar refractivity (Wildman–Crippen MR) is 74.1 cm³/mol. The van der Waals surface area contributed by atoms with Gasteiger partial charge in [0.25, 0.3) is 0 Å². The Balaban J connectivity index is 2.21. The zero-order valence-corrected chi connectivity index (χ0v) is 11.1. The summed E-state index contributed by atoms with van der Waals surface area (Å²) in [6.45, 7) is 1.65. The molecular formula is C15H17NO3. The minimum atomic E-state index is -1.16. The fourth-order valence-electron chi connectivity index (χ4n) is 1.84. The van der Waals surface area contributed by atoms with Crippen LogP contribution in [0.1, 0.15) is 6.92 Å². The van der Waals surface area contributed by atoms with Crippen LogP contribution in [0.2, 0.25) is 0 Å². The lowest BCUT2D eigenvalue weighted by Crippen LogP contribution is -2.50. The van der Waals surface area contributed by atoms with Gasteiger partial charge in [-0.1, -0.05) is 36.4 Å². The Labute approximate surface area is 112 Å². The number of carbonyl (C=O) groups excluding carboxylic acids is 1. The van der Waals surface area contributed by atoms with Crippen molar-refractivity contribution in [3.63, 3.8) is 0 Å². The highest BCUT2D eigenvalue weighted by Gasteiger charge is 2.30. The minimum Gasteiger partial charge on any atom is -0.490 e. The second kappa shape index (κ2) is 5.28. The summed E-state index contributed by atoms with van der Waals surface area (Å²) in [4.78, 5) is 11.5. The van der Waals surface area contributed by atoms with E-state index in [9.17, 15) is 4.79 Å². The number of hydrogen-bond acceptors (Lipinski definition) is 4. The van der Waals surface area contributed by atoms with Crippen LogP contribution in [-0.2, 0) is 9.53 Å². The lowest BCUT2D eigenvalue weighted by atomic mass is 10.1. The molecule has 1 atom stereocenters. The molecule has 0 bridgehead atoms. The molecule has 0 radical (unpaired) electrons. The van der Waals surface area contributed by atoms with Gasteiger partial charge in [-0.15, -0.1) is 0 Å². The van der Waals surface area contributed by atoms with Gasteiger partial charge in [-0.2, -0.15) is 0 Å². The molecule has 19 heavy (non-hydrogen) atoms. The third-order valence-corrected chi connectivity index (χ3v) is 2.93. The van der Waals surface area contributed by atoms with Gasteiger partial charge in [0.2, 0.25) is 0 Å². The number of rotatable bonds is 4. The average molecular weight is 259 g/mol. The van der Waals surface area contributed by atoms with E-state index in [0.29, 0.717) is 5.75 Å². The molecule has 2 rings (SSSR count). The van der Waals surface area contributed by atoms with Crippen molar-refractivity contribution >= 4 is 16.7 Å². The van der Waals surface area contributed by atoms with Gasteiger partial charge in [-0.05, 0) is 18.4 Å². The van der Waals surface area contributed by atoms with Crippen LogP contribution in [0, 0.1) is 0 Å². The second-order valence-electron chi connectivity index (χ2n) is 4.68. The summed E-state index contributed by atoms with van der Waals surface area (Å²) in [6.07, 6.45) is 0. The molecule has 4 heteroatoms. The van der Waals surface area contributed by atoms with Crippen molar-refractivity contribution in [3.05, 3.63) is 42.5 Å². The van der Waals surface area contributed by atoms with Crippen molar-refractivity contribution in [2.75, 3.05) is 13.7 Å². The maximum atomic E-state index is 11.5. The number of fused-ring (bicyclic) bond motifs is 1. The van der Waals surface area contributed by atoms with E-state index < -0.39 is 11.5 Å². The van der Waals surface area contributed by atoms with Gasteiger partial charge in [0.1, 0.15) is 17.9 Å². The molecule has 2 N–H and O–H groups in total. The first-order valence-corrected chi connectivity index (χ1v) is 6.02.